The number of aromatic nitrogens is 2. The minimum atomic E-state index is -0.322. The van der Waals surface area contributed by atoms with Crippen LogP contribution in [-0.4, -0.2) is 40.2 Å². The zero-order valence-corrected chi connectivity index (χ0v) is 14.6. The summed E-state index contributed by atoms with van der Waals surface area (Å²) in [5.41, 5.74) is 6.54. The summed E-state index contributed by atoms with van der Waals surface area (Å²) in [6.07, 6.45) is 1.67. The molecule has 22 heavy (non-hydrogen) atoms. The van der Waals surface area contributed by atoms with Crippen LogP contribution in [0.3, 0.4) is 0 Å². The minimum Gasteiger partial charge on any atom is -0.336 e. The van der Waals surface area contributed by atoms with E-state index in [0.29, 0.717) is 22.4 Å². The van der Waals surface area contributed by atoms with Crippen LogP contribution in [-0.2, 0) is 0 Å². The first-order valence-corrected chi connectivity index (χ1v) is 7.21. The maximum Gasteiger partial charge on any atom is 0.275 e. The van der Waals surface area contributed by atoms with Crippen molar-refractivity contribution in [2.24, 2.45) is 5.73 Å². The molecule has 0 bridgehead atoms. The Morgan fingerprint density at radius 3 is 2.59 bits per heavy atom. The largest absolute Gasteiger partial charge is 0.336 e. The van der Waals surface area contributed by atoms with Crippen molar-refractivity contribution >= 4 is 34.2 Å². The van der Waals surface area contributed by atoms with Gasteiger partial charge in [-0.15, -0.1) is 12.4 Å². The maximum atomic E-state index is 12.9. The average molecular weight is 392 g/mol. The van der Waals surface area contributed by atoms with Crippen molar-refractivity contribution in [1.29, 1.82) is 0 Å². The highest BCUT2D eigenvalue weighted by molar-refractivity contribution is 9.10. The molecule has 0 saturated heterocycles. The first kappa shape index (κ1) is 18.6. The summed E-state index contributed by atoms with van der Waals surface area (Å²) in [4.78, 5) is 13.9. The molecule has 0 radical (unpaired) electrons. The molecule has 1 aromatic carbocycles. The zero-order valence-electron chi connectivity index (χ0n) is 12.2. The number of hydrogen-bond acceptors (Lipinski definition) is 3. The fourth-order valence-electron chi connectivity index (χ4n) is 1.75. The van der Waals surface area contributed by atoms with Crippen LogP contribution < -0.4 is 5.73 Å². The molecule has 0 saturated carbocycles. The predicted octanol–water partition coefficient (Wildman–Crippen LogP) is 2.61. The molecule has 0 aliphatic rings. The molecule has 0 aliphatic carbocycles. The van der Waals surface area contributed by atoms with E-state index < -0.39 is 0 Å². The summed E-state index contributed by atoms with van der Waals surface area (Å²) in [5, 5.41) is 4.26. The molecule has 1 unspecified atom stereocenters. The second-order valence-electron chi connectivity index (χ2n) is 4.75. The lowest BCUT2D eigenvalue weighted by molar-refractivity contribution is 0.0741. The van der Waals surface area contributed by atoms with Gasteiger partial charge in [-0.1, -0.05) is 0 Å². The highest BCUT2D eigenvalue weighted by Gasteiger charge is 2.22. The monoisotopic (exact) mass is 390 g/mol. The summed E-state index contributed by atoms with van der Waals surface area (Å²) in [5.74, 6) is -0.543. The van der Waals surface area contributed by atoms with Gasteiger partial charge in [-0.25, -0.2) is 9.07 Å². The van der Waals surface area contributed by atoms with Gasteiger partial charge in [0.1, 0.15) is 5.82 Å². The van der Waals surface area contributed by atoms with Crippen LogP contribution >= 0.6 is 28.3 Å². The number of carbonyl (C=O) groups excluding carboxylic acids is 1. The van der Waals surface area contributed by atoms with E-state index in [0.717, 1.165) is 0 Å². The van der Waals surface area contributed by atoms with Gasteiger partial charge in [-0.05, 0) is 47.1 Å². The zero-order chi connectivity index (χ0) is 15.6. The van der Waals surface area contributed by atoms with E-state index in [1.807, 2.05) is 6.92 Å². The summed E-state index contributed by atoms with van der Waals surface area (Å²) >= 11 is 3.33. The second kappa shape index (κ2) is 7.71. The van der Waals surface area contributed by atoms with Crippen molar-refractivity contribution in [3.8, 4) is 5.69 Å². The molecule has 8 heteroatoms. The maximum absolute atomic E-state index is 12.9. The average Bonchev–Trinajstić information content (AvgIpc) is 2.87. The Labute approximate surface area is 142 Å². The molecule has 1 heterocycles. The molecule has 0 aliphatic heterocycles. The van der Waals surface area contributed by atoms with Crippen LogP contribution in [0.2, 0.25) is 0 Å². The highest BCUT2D eigenvalue weighted by atomic mass is 79.9. The Balaban J connectivity index is 0.00000242. The summed E-state index contributed by atoms with van der Waals surface area (Å²) in [6.45, 7) is 2.24. The van der Waals surface area contributed by atoms with Gasteiger partial charge in [0.05, 0.1) is 10.2 Å². The molecule has 2 rings (SSSR count). The molecule has 2 N–H and O–H groups in total. The molecule has 1 atom stereocenters. The third-order valence-corrected chi connectivity index (χ3v) is 3.87. The van der Waals surface area contributed by atoms with Crippen LogP contribution in [0.1, 0.15) is 17.4 Å². The normalized spacial score (nSPS) is 11.7. The van der Waals surface area contributed by atoms with Crippen molar-refractivity contribution in [2.75, 3.05) is 13.6 Å². The lowest BCUT2D eigenvalue weighted by atomic mass is 10.2. The molecule has 1 amide bonds. The van der Waals surface area contributed by atoms with Crippen molar-refractivity contribution in [3.05, 3.63) is 46.4 Å². The van der Waals surface area contributed by atoms with Gasteiger partial charge < -0.3 is 10.6 Å². The SMILES string of the molecule is CC(CN)N(C)C(=O)c1nn(-c2ccc(F)cc2)cc1Br.Cl. The van der Waals surface area contributed by atoms with Gasteiger partial charge in [0, 0.05) is 25.8 Å². The van der Waals surface area contributed by atoms with E-state index in [4.69, 9.17) is 5.73 Å². The lowest BCUT2D eigenvalue weighted by Gasteiger charge is -2.22. The van der Waals surface area contributed by atoms with Crippen LogP contribution in [0.4, 0.5) is 4.39 Å². The molecular weight excluding hydrogens is 375 g/mol. The van der Waals surface area contributed by atoms with E-state index in [2.05, 4.69) is 21.0 Å². The Morgan fingerprint density at radius 1 is 1.45 bits per heavy atom. The van der Waals surface area contributed by atoms with E-state index >= 15 is 0 Å². The number of hydrogen-bond donors (Lipinski definition) is 1. The molecule has 2 aromatic rings. The summed E-state index contributed by atoms with van der Waals surface area (Å²) in [6, 6.07) is 5.79. The number of halogens is 3. The minimum absolute atomic E-state index is 0. The molecule has 1 aromatic heterocycles. The van der Waals surface area contributed by atoms with Crippen molar-refractivity contribution in [2.45, 2.75) is 13.0 Å². The molecule has 120 valence electrons. The number of nitrogens with two attached hydrogens (primary N) is 1. The third-order valence-electron chi connectivity index (χ3n) is 3.29. The number of benzene rings is 1. The second-order valence-corrected chi connectivity index (χ2v) is 5.60. The summed E-state index contributed by atoms with van der Waals surface area (Å²) in [7, 11) is 1.68. The number of likely N-dealkylation sites (N-methyl/N-ethyl adjacent to an activating group) is 1. The molecule has 0 spiro atoms. The van der Waals surface area contributed by atoms with Gasteiger partial charge in [0.15, 0.2) is 5.69 Å². The van der Waals surface area contributed by atoms with Gasteiger partial charge >= 0.3 is 0 Å². The fourth-order valence-corrected chi connectivity index (χ4v) is 2.19. The topological polar surface area (TPSA) is 64.2 Å². The quantitative estimate of drug-likeness (QED) is 0.871. The number of carbonyl (C=O) groups is 1. The Morgan fingerprint density at radius 2 is 2.05 bits per heavy atom. The Hall–Kier alpha value is -1.44. The predicted molar refractivity (Wildman–Crippen MR) is 89.1 cm³/mol. The number of rotatable bonds is 4. The van der Waals surface area contributed by atoms with E-state index in [9.17, 15) is 9.18 Å². The third kappa shape index (κ3) is 3.85. The summed E-state index contributed by atoms with van der Waals surface area (Å²) < 4.78 is 15.0. The first-order valence-electron chi connectivity index (χ1n) is 6.42. The Bertz CT molecular complexity index is 647. The van der Waals surface area contributed by atoms with Gasteiger partial charge in [0.25, 0.3) is 5.91 Å². The highest BCUT2D eigenvalue weighted by Crippen LogP contribution is 2.20. The molecule has 0 fully saturated rings. The van der Waals surface area contributed by atoms with Crippen LogP contribution in [0.25, 0.3) is 5.69 Å². The van der Waals surface area contributed by atoms with Crippen molar-refractivity contribution in [1.82, 2.24) is 14.7 Å². The first-order chi connectivity index (χ1) is 9.93. The number of amides is 1. The molecular formula is C14H17BrClFN4O. The fraction of sp³-hybridized carbons (Fsp3) is 0.286. The Kier molecular flexibility index (Phi) is 6.52. The number of nitrogens with zero attached hydrogens (tertiary/aromatic N) is 3. The lowest BCUT2D eigenvalue weighted by Crippen LogP contribution is -2.40. The van der Waals surface area contributed by atoms with E-state index in [-0.39, 0.29) is 30.2 Å². The smallest absolute Gasteiger partial charge is 0.275 e. The van der Waals surface area contributed by atoms with Crippen molar-refractivity contribution in [3.63, 3.8) is 0 Å². The van der Waals surface area contributed by atoms with Crippen LogP contribution in [0, 0.1) is 5.82 Å². The van der Waals surface area contributed by atoms with Gasteiger partial charge in [-0.3, -0.25) is 4.79 Å². The van der Waals surface area contributed by atoms with Crippen LogP contribution in [0.15, 0.2) is 34.9 Å². The van der Waals surface area contributed by atoms with Gasteiger partial charge in [0.2, 0.25) is 0 Å². The standard InChI is InChI=1S/C14H16BrFN4O.ClH/c1-9(7-17)19(2)14(21)13-12(15)8-20(18-13)11-5-3-10(16)4-6-11;/h3-6,8-9H,7,17H2,1-2H3;1H. The van der Waals surface area contributed by atoms with Gasteiger partial charge in [-0.2, -0.15) is 5.10 Å². The van der Waals surface area contributed by atoms with Crippen LogP contribution in [0.5, 0.6) is 0 Å². The molecule has 5 nitrogen and oxygen atoms in total. The van der Waals surface area contributed by atoms with E-state index in [1.165, 1.54) is 16.8 Å². The van der Waals surface area contributed by atoms with Crippen molar-refractivity contribution < 1.29 is 9.18 Å². The van der Waals surface area contributed by atoms with E-state index in [1.54, 1.807) is 30.3 Å².